The number of benzene rings is 9. The van der Waals surface area contributed by atoms with Gasteiger partial charge in [0.1, 0.15) is 22.3 Å². The Hall–Kier alpha value is -7.63. The first-order valence-electron chi connectivity index (χ1n) is 18.8. The number of para-hydroxylation sites is 1. The largest absolute Gasteiger partial charge is 0.456 e. The van der Waals surface area contributed by atoms with E-state index in [0.29, 0.717) is 17.5 Å². The number of hydrogen-bond acceptors (Lipinski definition) is 5. The number of hydrogen-bond donors (Lipinski definition) is 0. The molecule has 0 unspecified atom stereocenters. The second-order valence-electron chi connectivity index (χ2n) is 14.3. The van der Waals surface area contributed by atoms with Crippen LogP contribution in [0.1, 0.15) is 0 Å². The van der Waals surface area contributed by atoms with Gasteiger partial charge in [-0.3, -0.25) is 0 Å². The molecule has 0 saturated carbocycles. The highest BCUT2D eigenvalue weighted by Crippen LogP contribution is 2.43. The van der Waals surface area contributed by atoms with Crippen LogP contribution in [-0.4, -0.2) is 15.0 Å². The molecule has 3 aromatic heterocycles. The number of furan rings is 2. The summed E-state index contributed by atoms with van der Waals surface area (Å²) in [6.07, 6.45) is 0. The summed E-state index contributed by atoms with van der Waals surface area (Å²) in [6.45, 7) is 0. The van der Waals surface area contributed by atoms with Crippen LogP contribution in [-0.2, 0) is 0 Å². The lowest BCUT2D eigenvalue weighted by Crippen LogP contribution is -2.00. The Balaban J connectivity index is 1.10. The Kier molecular flexibility index (Phi) is 6.56. The third-order valence-electron chi connectivity index (χ3n) is 11.1. The standard InChI is InChI=1S/C51H29N3O2/c1-2-12-30(13-3-1)49-52-50(32-25-26-38-36-16-5-4-14-34(36)35-15-6-7-17-37(35)42(38)28-32)54-51(53-49)41-20-11-23-45-48(41)47-33(19-10-22-44(47)56-45)31-24-27-40-39-18-8-9-21-43(39)55-46(40)29-31/h1-29H. The molecule has 0 N–H and O–H groups in total. The molecular formula is C51H29N3O2. The number of nitrogens with zero attached hydrogens (tertiary/aromatic N) is 3. The van der Waals surface area contributed by atoms with Gasteiger partial charge in [0, 0.05) is 38.2 Å². The maximum atomic E-state index is 6.57. The molecule has 0 aliphatic heterocycles. The Morgan fingerprint density at radius 3 is 1.48 bits per heavy atom. The molecule has 0 atom stereocenters. The predicted molar refractivity (Wildman–Crippen MR) is 229 cm³/mol. The second kappa shape index (κ2) is 11.9. The van der Waals surface area contributed by atoms with Gasteiger partial charge in [-0.1, -0.05) is 140 Å². The van der Waals surface area contributed by atoms with Crippen molar-refractivity contribution < 1.29 is 8.83 Å². The Morgan fingerprint density at radius 1 is 0.268 bits per heavy atom. The van der Waals surface area contributed by atoms with Gasteiger partial charge in [0.15, 0.2) is 17.5 Å². The van der Waals surface area contributed by atoms with Crippen molar-refractivity contribution in [2.24, 2.45) is 0 Å². The van der Waals surface area contributed by atoms with Crippen LogP contribution < -0.4 is 0 Å². The molecular weight excluding hydrogens is 687 g/mol. The van der Waals surface area contributed by atoms with E-state index in [2.05, 4.69) is 103 Å². The molecule has 12 rings (SSSR count). The SMILES string of the molecule is c1ccc(-c2nc(-c3ccc4c5ccccc5c5ccccc5c4c3)nc(-c3cccc4oc5cccc(-c6ccc7c(c6)oc6ccccc67)c5c34)n2)cc1. The highest BCUT2D eigenvalue weighted by molar-refractivity contribution is 6.26. The molecule has 0 radical (unpaired) electrons. The van der Waals surface area contributed by atoms with E-state index in [9.17, 15) is 0 Å². The number of fused-ring (bicyclic) bond motifs is 12. The maximum Gasteiger partial charge on any atom is 0.164 e. The van der Waals surface area contributed by atoms with Gasteiger partial charge in [-0.05, 0) is 79.8 Å². The molecule has 0 aliphatic carbocycles. The summed E-state index contributed by atoms with van der Waals surface area (Å²) >= 11 is 0. The summed E-state index contributed by atoms with van der Waals surface area (Å²) in [7, 11) is 0. The zero-order chi connectivity index (χ0) is 36.7. The van der Waals surface area contributed by atoms with Crippen LogP contribution in [0.5, 0.6) is 0 Å². The third-order valence-corrected chi connectivity index (χ3v) is 11.1. The van der Waals surface area contributed by atoms with Gasteiger partial charge < -0.3 is 8.83 Å². The van der Waals surface area contributed by atoms with E-state index in [1.807, 2.05) is 72.8 Å². The summed E-state index contributed by atoms with van der Waals surface area (Å²) in [6, 6.07) is 60.9. The highest BCUT2D eigenvalue weighted by atomic mass is 16.3. The van der Waals surface area contributed by atoms with Crippen molar-refractivity contribution in [1.29, 1.82) is 0 Å². The topological polar surface area (TPSA) is 65.0 Å². The normalized spacial score (nSPS) is 11.9. The molecule has 0 spiro atoms. The van der Waals surface area contributed by atoms with E-state index in [-0.39, 0.29) is 0 Å². The molecule has 0 aliphatic rings. The summed E-state index contributed by atoms with van der Waals surface area (Å²) < 4.78 is 12.9. The maximum absolute atomic E-state index is 6.57. The Labute approximate surface area is 320 Å². The van der Waals surface area contributed by atoms with Gasteiger partial charge in [0.25, 0.3) is 0 Å². The van der Waals surface area contributed by atoms with Crippen molar-refractivity contribution in [3.05, 3.63) is 176 Å². The lowest BCUT2D eigenvalue weighted by atomic mass is 9.93. The van der Waals surface area contributed by atoms with E-state index >= 15 is 0 Å². The van der Waals surface area contributed by atoms with Gasteiger partial charge in [0.2, 0.25) is 0 Å². The van der Waals surface area contributed by atoms with E-state index in [4.69, 9.17) is 23.8 Å². The minimum atomic E-state index is 0.577. The van der Waals surface area contributed by atoms with E-state index in [0.717, 1.165) is 77.1 Å². The van der Waals surface area contributed by atoms with Crippen molar-refractivity contribution in [3.8, 4) is 45.3 Å². The molecule has 56 heavy (non-hydrogen) atoms. The summed E-state index contributed by atoms with van der Waals surface area (Å²) in [5.74, 6) is 1.79. The van der Waals surface area contributed by atoms with Gasteiger partial charge in [-0.15, -0.1) is 0 Å². The molecule has 0 saturated heterocycles. The quantitative estimate of drug-likeness (QED) is 0.170. The highest BCUT2D eigenvalue weighted by Gasteiger charge is 2.21. The van der Waals surface area contributed by atoms with Crippen LogP contribution in [0.2, 0.25) is 0 Å². The van der Waals surface area contributed by atoms with E-state index in [1.54, 1.807) is 0 Å². The number of aromatic nitrogens is 3. The first kappa shape index (κ1) is 30.8. The third kappa shape index (κ3) is 4.64. The van der Waals surface area contributed by atoms with Crippen LogP contribution in [0.25, 0.3) is 121 Å². The molecule has 260 valence electrons. The lowest BCUT2D eigenvalue weighted by Gasteiger charge is -2.13. The first-order valence-corrected chi connectivity index (χ1v) is 18.8. The fourth-order valence-electron chi connectivity index (χ4n) is 8.58. The predicted octanol–water partition coefficient (Wildman–Crippen LogP) is 13.8. The fourth-order valence-corrected chi connectivity index (χ4v) is 8.58. The molecule has 0 amide bonds. The van der Waals surface area contributed by atoms with Crippen molar-refractivity contribution >= 4 is 76.2 Å². The van der Waals surface area contributed by atoms with Gasteiger partial charge in [-0.2, -0.15) is 0 Å². The molecule has 0 fully saturated rings. The summed E-state index contributed by atoms with van der Waals surface area (Å²) in [5.41, 5.74) is 8.07. The first-order chi connectivity index (χ1) is 27.7. The lowest BCUT2D eigenvalue weighted by molar-refractivity contribution is 0.668. The van der Waals surface area contributed by atoms with Gasteiger partial charge in [-0.25, -0.2) is 15.0 Å². The average molecular weight is 716 g/mol. The second-order valence-corrected chi connectivity index (χ2v) is 14.3. The van der Waals surface area contributed by atoms with Crippen LogP contribution >= 0.6 is 0 Å². The monoisotopic (exact) mass is 715 g/mol. The molecule has 5 heteroatoms. The molecule has 12 aromatic rings. The summed E-state index contributed by atoms with van der Waals surface area (Å²) in [5, 5.41) is 11.4. The minimum absolute atomic E-state index is 0.577. The number of rotatable bonds is 4. The minimum Gasteiger partial charge on any atom is -0.456 e. The van der Waals surface area contributed by atoms with Crippen LogP contribution in [0.4, 0.5) is 0 Å². The van der Waals surface area contributed by atoms with Crippen molar-refractivity contribution in [1.82, 2.24) is 15.0 Å². The molecule has 5 nitrogen and oxygen atoms in total. The van der Waals surface area contributed by atoms with E-state index < -0.39 is 0 Å². The van der Waals surface area contributed by atoms with Crippen molar-refractivity contribution in [2.75, 3.05) is 0 Å². The zero-order valence-corrected chi connectivity index (χ0v) is 29.9. The smallest absolute Gasteiger partial charge is 0.164 e. The summed E-state index contributed by atoms with van der Waals surface area (Å²) in [4.78, 5) is 15.6. The van der Waals surface area contributed by atoms with Crippen molar-refractivity contribution in [2.45, 2.75) is 0 Å². The van der Waals surface area contributed by atoms with Crippen LogP contribution in [0, 0.1) is 0 Å². The fraction of sp³-hybridized carbons (Fsp3) is 0. The van der Waals surface area contributed by atoms with E-state index in [1.165, 1.54) is 26.9 Å². The molecule has 3 heterocycles. The Bertz CT molecular complexity index is 3510. The zero-order valence-electron chi connectivity index (χ0n) is 29.9. The Morgan fingerprint density at radius 2 is 0.750 bits per heavy atom. The molecule has 9 aromatic carbocycles. The molecule has 0 bridgehead atoms. The van der Waals surface area contributed by atoms with Crippen LogP contribution in [0.15, 0.2) is 185 Å². The van der Waals surface area contributed by atoms with Crippen LogP contribution in [0.3, 0.4) is 0 Å². The average Bonchev–Trinajstić information content (AvgIpc) is 3.85. The van der Waals surface area contributed by atoms with Gasteiger partial charge in [0.05, 0.1) is 0 Å². The van der Waals surface area contributed by atoms with Crippen molar-refractivity contribution in [3.63, 3.8) is 0 Å². The van der Waals surface area contributed by atoms with Gasteiger partial charge >= 0.3 is 0 Å².